The minimum Gasteiger partial charge on any atom is -0.466 e. The highest BCUT2D eigenvalue weighted by molar-refractivity contribution is 5.84. The first-order valence-corrected chi connectivity index (χ1v) is 7.95. The molecule has 1 heterocycles. The van der Waals surface area contributed by atoms with Gasteiger partial charge in [0.1, 0.15) is 5.78 Å². The van der Waals surface area contributed by atoms with Crippen molar-refractivity contribution in [2.75, 3.05) is 26.2 Å². The first-order valence-electron chi connectivity index (χ1n) is 7.95. The van der Waals surface area contributed by atoms with Crippen LogP contribution < -0.4 is 0 Å². The number of piperidine rings is 1. The Kier molecular flexibility index (Phi) is 7.20. The molecule has 0 saturated carbocycles. The average molecular weight is 283 g/mol. The molecule has 1 fully saturated rings. The van der Waals surface area contributed by atoms with Crippen LogP contribution in [0.15, 0.2) is 0 Å². The smallest absolute Gasteiger partial charge is 0.306 e. The summed E-state index contributed by atoms with van der Waals surface area (Å²) in [5, 5.41) is 0. The molecule has 0 unspecified atom stereocenters. The number of likely N-dealkylation sites (tertiary alicyclic amines) is 1. The lowest BCUT2D eigenvalue weighted by Gasteiger charge is -2.40. The van der Waals surface area contributed by atoms with Gasteiger partial charge in [0, 0.05) is 6.42 Å². The minimum absolute atomic E-state index is 0.151. The molecule has 0 atom stereocenters. The second-order valence-corrected chi connectivity index (χ2v) is 5.83. The molecular formula is C16H29NO3. The van der Waals surface area contributed by atoms with Crippen LogP contribution in [0.25, 0.3) is 0 Å². The van der Waals surface area contributed by atoms with E-state index in [9.17, 15) is 9.59 Å². The highest BCUT2D eigenvalue weighted by Crippen LogP contribution is 2.37. The van der Waals surface area contributed by atoms with Crippen LogP contribution >= 0.6 is 0 Å². The van der Waals surface area contributed by atoms with E-state index in [1.807, 2.05) is 0 Å². The fourth-order valence-corrected chi connectivity index (χ4v) is 2.95. The number of hydrogen-bond acceptors (Lipinski definition) is 4. The van der Waals surface area contributed by atoms with Crippen LogP contribution in [-0.2, 0) is 14.3 Å². The molecule has 0 aromatic carbocycles. The van der Waals surface area contributed by atoms with Crippen LogP contribution in [-0.4, -0.2) is 42.9 Å². The first kappa shape index (κ1) is 17.2. The number of rotatable bonds is 8. The second-order valence-electron chi connectivity index (χ2n) is 5.83. The highest BCUT2D eigenvalue weighted by atomic mass is 16.5. The van der Waals surface area contributed by atoms with Crippen LogP contribution in [0.5, 0.6) is 0 Å². The van der Waals surface area contributed by atoms with Crippen molar-refractivity contribution in [2.24, 2.45) is 5.41 Å². The zero-order chi connectivity index (χ0) is 15.0. The van der Waals surface area contributed by atoms with E-state index in [1.54, 1.807) is 6.92 Å². The van der Waals surface area contributed by atoms with E-state index in [2.05, 4.69) is 18.7 Å². The van der Waals surface area contributed by atoms with Crippen molar-refractivity contribution in [2.45, 2.75) is 59.3 Å². The zero-order valence-corrected chi connectivity index (χ0v) is 13.2. The Hall–Kier alpha value is -0.900. The Labute approximate surface area is 122 Å². The van der Waals surface area contributed by atoms with Gasteiger partial charge in [0.2, 0.25) is 0 Å². The van der Waals surface area contributed by atoms with Crippen molar-refractivity contribution in [1.82, 2.24) is 4.90 Å². The number of carbonyl (C=O) groups excluding carboxylic acids is 2. The van der Waals surface area contributed by atoms with Gasteiger partial charge in [-0.2, -0.15) is 0 Å². The summed E-state index contributed by atoms with van der Waals surface area (Å²) >= 11 is 0. The molecule has 0 aliphatic carbocycles. The number of hydrogen-bond donors (Lipinski definition) is 0. The topological polar surface area (TPSA) is 46.6 Å². The number of Topliss-reactive ketones (excluding diaryl/α,β-unsaturated/α-hetero) is 1. The van der Waals surface area contributed by atoms with Gasteiger partial charge in [-0.1, -0.05) is 26.7 Å². The molecule has 4 heteroatoms. The lowest BCUT2D eigenvalue weighted by molar-refractivity contribution is -0.144. The van der Waals surface area contributed by atoms with Gasteiger partial charge in [0.15, 0.2) is 0 Å². The standard InChI is InChI=1S/C16H29NO3/c1-4-16(5-2)9-11-17(12-10-16)13-14(18)7-8-15(19)20-6-3/h4-13H2,1-3H3. The third-order valence-electron chi connectivity index (χ3n) is 4.73. The molecule has 1 saturated heterocycles. The van der Waals surface area contributed by atoms with E-state index in [0.717, 1.165) is 13.1 Å². The summed E-state index contributed by atoms with van der Waals surface area (Å²) in [4.78, 5) is 25.3. The maximum atomic E-state index is 11.9. The number of ether oxygens (including phenoxy) is 1. The Morgan fingerprint density at radius 1 is 1.05 bits per heavy atom. The van der Waals surface area contributed by atoms with E-state index in [1.165, 1.54) is 25.7 Å². The van der Waals surface area contributed by atoms with E-state index >= 15 is 0 Å². The van der Waals surface area contributed by atoms with Crippen molar-refractivity contribution in [3.63, 3.8) is 0 Å². The normalized spacial score (nSPS) is 18.8. The third kappa shape index (κ3) is 5.23. The Balaban J connectivity index is 2.26. The van der Waals surface area contributed by atoms with E-state index < -0.39 is 0 Å². The fraction of sp³-hybridized carbons (Fsp3) is 0.875. The number of ketones is 1. The number of carbonyl (C=O) groups is 2. The molecule has 1 aliphatic heterocycles. The van der Waals surface area contributed by atoms with E-state index in [-0.39, 0.29) is 18.2 Å². The molecule has 116 valence electrons. The number of esters is 1. The summed E-state index contributed by atoms with van der Waals surface area (Å²) < 4.78 is 4.83. The van der Waals surface area contributed by atoms with Crippen LogP contribution in [0.1, 0.15) is 59.3 Å². The Morgan fingerprint density at radius 3 is 2.15 bits per heavy atom. The van der Waals surface area contributed by atoms with Gasteiger partial charge < -0.3 is 4.74 Å². The van der Waals surface area contributed by atoms with Crippen LogP contribution in [0, 0.1) is 5.41 Å². The fourth-order valence-electron chi connectivity index (χ4n) is 2.95. The molecule has 0 radical (unpaired) electrons. The van der Waals surface area contributed by atoms with E-state index in [4.69, 9.17) is 4.74 Å². The summed E-state index contributed by atoms with van der Waals surface area (Å²) in [5.74, 6) is -0.117. The lowest BCUT2D eigenvalue weighted by Crippen LogP contribution is -2.41. The van der Waals surface area contributed by atoms with Gasteiger partial charge in [-0.15, -0.1) is 0 Å². The molecule has 0 aromatic heterocycles. The van der Waals surface area contributed by atoms with Crippen LogP contribution in [0.3, 0.4) is 0 Å². The molecule has 1 aliphatic rings. The first-order chi connectivity index (χ1) is 9.55. The van der Waals surface area contributed by atoms with Crippen molar-refractivity contribution < 1.29 is 14.3 Å². The molecule has 20 heavy (non-hydrogen) atoms. The highest BCUT2D eigenvalue weighted by Gasteiger charge is 2.31. The van der Waals surface area contributed by atoms with Gasteiger partial charge >= 0.3 is 5.97 Å². The maximum absolute atomic E-state index is 11.9. The predicted octanol–water partition coefficient (Wildman–Crippen LogP) is 2.80. The Bertz CT molecular complexity index is 314. The van der Waals surface area contributed by atoms with Crippen molar-refractivity contribution in [3.05, 3.63) is 0 Å². The monoisotopic (exact) mass is 283 g/mol. The zero-order valence-electron chi connectivity index (χ0n) is 13.2. The molecule has 0 aromatic rings. The molecule has 4 nitrogen and oxygen atoms in total. The molecule has 0 N–H and O–H groups in total. The van der Waals surface area contributed by atoms with E-state index in [0.29, 0.717) is 25.0 Å². The van der Waals surface area contributed by atoms with Gasteiger partial charge in [-0.05, 0) is 38.3 Å². The Morgan fingerprint density at radius 2 is 1.65 bits per heavy atom. The van der Waals surface area contributed by atoms with Gasteiger partial charge in [-0.25, -0.2) is 0 Å². The van der Waals surface area contributed by atoms with Crippen molar-refractivity contribution in [1.29, 1.82) is 0 Å². The van der Waals surface area contributed by atoms with Gasteiger partial charge in [-0.3, -0.25) is 14.5 Å². The second kappa shape index (κ2) is 8.40. The minimum atomic E-state index is -0.268. The number of nitrogens with zero attached hydrogens (tertiary/aromatic N) is 1. The van der Waals surface area contributed by atoms with Gasteiger partial charge in [0.05, 0.1) is 19.6 Å². The van der Waals surface area contributed by atoms with Crippen molar-refractivity contribution >= 4 is 11.8 Å². The van der Waals surface area contributed by atoms with Crippen LogP contribution in [0.4, 0.5) is 0 Å². The summed E-state index contributed by atoms with van der Waals surface area (Å²) in [6.45, 7) is 9.20. The SMILES string of the molecule is CCOC(=O)CCC(=O)CN1CCC(CC)(CC)CC1. The predicted molar refractivity (Wildman–Crippen MR) is 79.6 cm³/mol. The molecule has 0 bridgehead atoms. The molecule has 0 spiro atoms. The lowest BCUT2D eigenvalue weighted by atomic mass is 9.74. The van der Waals surface area contributed by atoms with Crippen molar-refractivity contribution in [3.8, 4) is 0 Å². The third-order valence-corrected chi connectivity index (χ3v) is 4.73. The molecule has 1 rings (SSSR count). The molecule has 0 amide bonds. The maximum Gasteiger partial charge on any atom is 0.306 e. The summed E-state index contributed by atoms with van der Waals surface area (Å²) in [7, 11) is 0. The average Bonchev–Trinajstić information content (AvgIpc) is 2.47. The largest absolute Gasteiger partial charge is 0.466 e. The summed E-state index contributed by atoms with van der Waals surface area (Å²) in [6.07, 6.45) is 5.36. The summed E-state index contributed by atoms with van der Waals surface area (Å²) in [6, 6.07) is 0. The van der Waals surface area contributed by atoms with Crippen LogP contribution in [0.2, 0.25) is 0 Å². The quantitative estimate of drug-likeness (QED) is 0.643. The van der Waals surface area contributed by atoms with Gasteiger partial charge in [0.25, 0.3) is 0 Å². The summed E-state index contributed by atoms with van der Waals surface area (Å²) in [5.41, 5.74) is 0.491. The molecular weight excluding hydrogens is 254 g/mol.